The first-order valence-electron chi connectivity index (χ1n) is 6.04. The van der Waals surface area contributed by atoms with Crippen molar-refractivity contribution < 1.29 is 14.7 Å². The van der Waals surface area contributed by atoms with Gasteiger partial charge in [0.2, 0.25) is 5.91 Å². The molecule has 0 aliphatic carbocycles. The highest BCUT2D eigenvalue weighted by Gasteiger charge is 2.18. The Morgan fingerprint density at radius 2 is 1.89 bits per heavy atom. The van der Waals surface area contributed by atoms with Gasteiger partial charge in [0.15, 0.2) is 0 Å². The van der Waals surface area contributed by atoms with Gasteiger partial charge in [-0.15, -0.1) is 0 Å². The Bertz CT molecular complexity index is 422. The van der Waals surface area contributed by atoms with Crippen molar-refractivity contribution in [3.05, 3.63) is 35.9 Å². The third kappa shape index (κ3) is 5.39. The first-order valence-corrected chi connectivity index (χ1v) is 6.04. The van der Waals surface area contributed by atoms with Gasteiger partial charge in [-0.25, -0.2) is 4.79 Å². The highest BCUT2D eigenvalue weighted by atomic mass is 16.3. The van der Waals surface area contributed by atoms with Crippen molar-refractivity contribution in [2.24, 2.45) is 5.73 Å². The van der Waals surface area contributed by atoms with Crippen LogP contribution in [0.5, 0.6) is 0 Å². The molecule has 0 heterocycles. The number of nitrogens with two attached hydrogens (primary N) is 1. The van der Waals surface area contributed by atoms with Crippen LogP contribution in [0.25, 0.3) is 0 Å². The number of primary amides is 1. The van der Waals surface area contributed by atoms with Crippen molar-refractivity contribution in [3.8, 4) is 0 Å². The van der Waals surface area contributed by atoms with Crippen LogP contribution in [-0.2, 0) is 11.2 Å². The Balaban J connectivity index is 2.52. The largest absolute Gasteiger partial charge is 0.394 e. The summed E-state index contributed by atoms with van der Waals surface area (Å²) in [4.78, 5) is 22.4. The molecule has 0 saturated heterocycles. The topological polar surface area (TPSA) is 104 Å². The van der Waals surface area contributed by atoms with E-state index in [1.807, 2.05) is 30.3 Å². The summed E-state index contributed by atoms with van der Waals surface area (Å²) in [7, 11) is 0. The smallest absolute Gasteiger partial charge is 0.312 e. The number of hydrogen-bond acceptors (Lipinski definition) is 3. The average Bonchev–Trinajstić information content (AvgIpc) is 2.38. The Morgan fingerprint density at radius 1 is 1.26 bits per heavy atom. The minimum atomic E-state index is -0.758. The monoisotopic (exact) mass is 265 g/mol. The van der Waals surface area contributed by atoms with Gasteiger partial charge in [0.1, 0.15) is 6.04 Å². The molecule has 19 heavy (non-hydrogen) atoms. The van der Waals surface area contributed by atoms with E-state index in [4.69, 9.17) is 5.73 Å². The molecule has 1 aromatic rings. The van der Waals surface area contributed by atoms with E-state index in [1.54, 1.807) is 0 Å². The van der Waals surface area contributed by atoms with Crippen LogP contribution in [0.2, 0.25) is 0 Å². The van der Waals surface area contributed by atoms with Gasteiger partial charge in [-0.3, -0.25) is 4.79 Å². The quantitative estimate of drug-likeness (QED) is 0.570. The molecule has 3 amide bonds. The van der Waals surface area contributed by atoms with Crippen LogP contribution in [0.4, 0.5) is 4.79 Å². The molecule has 0 saturated carbocycles. The van der Waals surface area contributed by atoms with Crippen LogP contribution >= 0.6 is 0 Å². The summed E-state index contributed by atoms with van der Waals surface area (Å²) < 4.78 is 0. The zero-order chi connectivity index (χ0) is 14.3. The standard InChI is InChI=1S/C13H19N3O3/c1-9(15-13(14)19)12(18)16-11(8-17)7-10-5-3-2-4-6-10/h2-6,9,11,17H,7-8H2,1H3,(H,16,18)(H3,14,15,19)/t9?,11-/m1/s1. The molecule has 0 fully saturated rings. The number of carbonyl (C=O) groups is 2. The predicted octanol–water partition coefficient (Wildman–Crippen LogP) is -0.237. The maximum atomic E-state index is 11.7. The summed E-state index contributed by atoms with van der Waals surface area (Å²) >= 11 is 0. The van der Waals surface area contributed by atoms with Crippen LogP contribution in [0, 0.1) is 0 Å². The highest BCUT2D eigenvalue weighted by molar-refractivity contribution is 5.86. The molecule has 6 nitrogen and oxygen atoms in total. The van der Waals surface area contributed by atoms with Crippen molar-refractivity contribution >= 4 is 11.9 Å². The molecule has 0 aromatic heterocycles. The number of nitrogens with one attached hydrogen (secondary N) is 2. The normalized spacial score (nSPS) is 13.4. The lowest BCUT2D eigenvalue weighted by Crippen LogP contribution is -2.50. The zero-order valence-electron chi connectivity index (χ0n) is 10.8. The van der Waals surface area contributed by atoms with E-state index in [-0.39, 0.29) is 12.5 Å². The number of urea groups is 1. The summed E-state index contributed by atoms with van der Waals surface area (Å²) in [5.74, 6) is -0.381. The molecule has 0 bridgehead atoms. The number of benzene rings is 1. The second-order valence-corrected chi connectivity index (χ2v) is 4.31. The zero-order valence-corrected chi connectivity index (χ0v) is 10.8. The summed E-state index contributed by atoms with van der Waals surface area (Å²) in [6.45, 7) is 1.35. The maximum Gasteiger partial charge on any atom is 0.312 e. The Labute approximate surface area is 112 Å². The van der Waals surface area contributed by atoms with Gasteiger partial charge in [0.25, 0.3) is 0 Å². The van der Waals surface area contributed by atoms with E-state index in [9.17, 15) is 14.7 Å². The molecule has 5 N–H and O–H groups in total. The SMILES string of the molecule is CC(NC(N)=O)C(=O)N[C@@H](CO)Cc1ccccc1. The van der Waals surface area contributed by atoms with E-state index in [2.05, 4.69) is 10.6 Å². The molecule has 104 valence electrons. The van der Waals surface area contributed by atoms with Crippen molar-refractivity contribution in [1.82, 2.24) is 10.6 Å². The number of aliphatic hydroxyl groups is 1. The maximum absolute atomic E-state index is 11.7. The lowest BCUT2D eigenvalue weighted by Gasteiger charge is -2.19. The summed E-state index contributed by atoms with van der Waals surface area (Å²) in [5.41, 5.74) is 5.95. The van der Waals surface area contributed by atoms with Crippen molar-refractivity contribution in [3.63, 3.8) is 0 Å². The number of rotatable bonds is 6. The second-order valence-electron chi connectivity index (χ2n) is 4.31. The fraction of sp³-hybridized carbons (Fsp3) is 0.385. The van der Waals surface area contributed by atoms with Crippen LogP contribution in [0.3, 0.4) is 0 Å². The van der Waals surface area contributed by atoms with Crippen LogP contribution in [-0.4, -0.2) is 35.7 Å². The average molecular weight is 265 g/mol. The van der Waals surface area contributed by atoms with Gasteiger partial charge in [-0.2, -0.15) is 0 Å². The fourth-order valence-corrected chi connectivity index (χ4v) is 1.66. The first-order chi connectivity index (χ1) is 9.02. The molecule has 0 spiro atoms. The van der Waals surface area contributed by atoms with Gasteiger partial charge in [-0.1, -0.05) is 30.3 Å². The molecule has 1 rings (SSSR count). The molecule has 0 radical (unpaired) electrons. The molecule has 0 aliphatic heterocycles. The molecule has 1 unspecified atom stereocenters. The fourth-order valence-electron chi connectivity index (χ4n) is 1.66. The van der Waals surface area contributed by atoms with Gasteiger partial charge in [-0.05, 0) is 18.9 Å². The van der Waals surface area contributed by atoms with Gasteiger partial charge >= 0.3 is 6.03 Å². The van der Waals surface area contributed by atoms with Gasteiger partial charge in [0, 0.05) is 0 Å². The van der Waals surface area contributed by atoms with Crippen LogP contribution in [0.15, 0.2) is 30.3 Å². The third-order valence-electron chi connectivity index (χ3n) is 2.64. The van der Waals surface area contributed by atoms with E-state index in [1.165, 1.54) is 6.92 Å². The molecule has 0 aliphatic rings. The van der Waals surface area contributed by atoms with Gasteiger partial charge < -0.3 is 21.5 Å². The summed E-state index contributed by atoms with van der Waals surface area (Å²) in [6, 6.07) is 7.63. The van der Waals surface area contributed by atoms with Crippen molar-refractivity contribution in [2.75, 3.05) is 6.61 Å². The third-order valence-corrected chi connectivity index (χ3v) is 2.64. The molecule has 6 heteroatoms. The van der Waals surface area contributed by atoms with Crippen molar-refractivity contribution in [1.29, 1.82) is 0 Å². The Morgan fingerprint density at radius 3 is 2.42 bits per heavy atom. The molecule has 2 atom stereocenters. The second kappa shape index (κ2) is 7.38. The summed E-state index contributed by atoms with van der Waals surface area (Å²) in [6.07, 6.45) is 0.520. The minimum absolute atomic E-state index is 0.177. The molecule has 1 aromatic carbocycles. The van der Waals surface area contributed by atoms with E-state index >= 15 is 0 Å². The minimum Gasteiger partial charge on any atom is -0.394 e. The number of amides is 3. The Hall–Kier alpha value is -2.08. The molecular formula is C13H19N3O3. The Kier molecular flexibility index (Phi) is 5.81. The number of carbonyl (C=O) groups excluding carboxylic acids is 2. The van der Waals surface area contributed by atoms with E-state index in [0.29, 0.717) is 6.42 Å². The lowest BCUT2D eigenvalue weighted by atomic mass is 10.1. The van der Waals surface area contributed by atoms with Gasteiger partial charge in [0.05, 0.1) is 12.6 Å². The van der Waals surface area contributed by atoms with E-state index < -0.39 is 18.1 Å². The van der Waals surface area contributed by atoms with E-state index in [0.717, 1.165) is 5.56 Å². The van der Waals surface area contributed by atoms with Crippen LogP contribution in [0.1, 0.15) is 12.5 Å². The predicted molar refractivity (Wildman–Crippen MR) is 71.3 cm³/mol. The first kappa shape index (κ1) is 15.0. The number of hydrogen-bond donors (Lipinski definition) is 4. The number of aliphatic hydroxyl groups excluding tert-OH is 1. The van der Waals surface area contributed by atoms with Crippen molar-refractivity contribution in [2.45, 2.75) is 25.4 Å². The summed E-state index contributed by atoms with van der Waals surface area (Å²) in [5, 5.41) is 14.2. The highest BCUT2D eigenvalue weighted by Crippen LogP contribution is 2.03. The molecular weight excluding hydrogens is 246 g/mol. The lowest BCUT2D eigenvalue weighted by molar-refractivity contribution is -0.123. The van der Waals surface area contributed by atoms with Crippen LogP contribution < -0.4 is 16.4 Å².